The maximum absolute atomic E-state index is 12.9. The summed E-state index contributed by atoms with van der Waals surface area (Å²) in [5.41, 5.74) is 0.865. The van der Waals surface area contributed by atoms with Crippen LogP contribution in [0.15, 0.2) is 35.2 Å². The van der Waals surface area contributed by atoms with Gasteiger partial charge in [0.2, 0.25) is 10.0 Å². The largest absolute Gasteiger partial charge is 0.357 e. The van der Waals surface area contributed by atoms with Crippen LogP contribution < -0.4 is 4.90 Å². The number of fused-ring (bicyclic) bond motifs is 1. The molecular weight excluding hydrogens is 346 g/mol. The summed E-state index contributed by atoms with van der Waals surface area (Å²) in [7, 11) is -3.39. The predicted molar refractivity (Wildman–Crippen MR) is 105 cm³/mol. The molecule has 2 fully saturated rings. The molecule has 0 N–H and O–H groups in total. The summed E-state index contributed by atoms with van der Waals surface area (Å²) in [6.45, 7) is 3.37. The second kappa shape index (κ2) is 7.53. The molecule has 2 aliphatic heterocycles. The number of hydrogen-bond acceptors (Lipinski definition) is 4. The van der Waals surface area contributed by atoms with Gasteiger partial charge in [0.05, 0.1) is 10.4 Å². The van der Waals surface area contributed by atoms with Crippen LogP contribution in [0.25, 0.3) is 10.9 Å². The molecule has 0 spiro atoms. The Labute approximate surface area is 156 Å². The molecule has 0 saturated carbocycles. The average molecular weight is 374 g/mol. The van der Waals surface area contributed by atoms with Gasteiger partial charge in [0.25, 0.3) is 0 Å². The van der Waals surface area contributed by atoms with E-state index in [9.17, 15) is 8.42 Å². The highest BCUT2D eigenvalue weighted by Crippen LogP contribution is 2.26. The topological polar surface area (TPSA) is 53.5 Å². The SMILES string of the molecule is O=S(=O)(c1ccc2nc(N3CCCCCC3)ccc2c1)N1CCCCC1. The molecule has 0 radical (unpaired) electrons. The Morgan fingerprint density at radius 1 is 0.769 bits per heavy atom. The van der Waals surface area contributed by atoms with Crippen molar-refractivity contribution in [2.45, 2.75) is 49.8 Å². The minimum Gasteiger partial charge on any atom is -0.357 e. The maximum Gasteiger partial charge on any atom is 0.243 e. The first kappa shape index (κ1) is 17.7. The van der Waals surface area contributed by atoms with Crippen molar-refractivity contribution in [3.8, 4) is 0 Å². The van der Waals surface area contributed by atoms with E-state index in [2.05, 4.69) is 4.90 Å². The fourth-order valence-corrected chi connectivity index (χ4v) is 5.54. The lowest BCUT2D eigenvalue weighted by atomic mass is 10.2. The van der Waals surface area contributed by atoms with E-state index >= 15 is 0 Å². The summed E-state index contributed by atoms with van der Waals surface area (Å²) in [6, 6.07) is 9.39. The third-order valence-corrected chi connectivity index (χ3v) is 7.42. The number of pyridine rings is 1. The monoisotopic (exact) mass is 373 g/mol. The lowest BCUT2D eigenvalue weighted by molar-refractivity contribution is 0.346. The average Bonchev–Trinajstić information content (AvgIpc) is 2.97. The van der Waals surface area contributed by atoms with Gasteiger partial charge in [0, 0.05) is 31.6 Å². The molecule has 0 amide bonds. The number of sulfonamides is 1. The number of benzene rings is 1. The van der Waals surface area contributed by atoms with E-state index < -0.39 is 10.0 Å². The summed E-state index contributed by atoms with van der Waals surface area (Å²) in [4.78, 5) is 7.53. The number of anilines is 1. The van der Waals surface area contributed by atoms with Gasteiger partial charge in [0.15, 0.2) is 0 Å². The van der Waals surface area contributed by atoms with Crippen LogP contribution in [0.4, 0.5) is 5.82 Å². The molecule has 4 rings (SSSR count). The van der Waals surface area contributed by atoms with Crippen LogP contribution in [0.3, 0.4) is 0 Å². The van der Waals surface area contributed by atoms with E-state index in [0.29, 0.717) is 18.0 Å². The highest BCUT2D eigenvalue weighted by Gasteiger charge is 2.26. The fourth-order valence-electron chi connectivity index (χ4n) is 3.98. The Morgan fingerprint density at radius 2 is 1.42 bits per heavy atom. The molecule has 26 heavy (non-hydrogen) atoms. The highest BCUT2D eigenvalue weighted by atomic mass is 32.2. The van der Waals surface area contributed by atoms with Crippen molar-refractivity contribution in [1.29, 1.82) is 0 Å². The summed E-state index contributed by atoms with van der Waals surface area (Å²) in [6.07, 6.45) is 8.04. The van der Waals surface area contributed by atoms with Gasteiger partial charge in [-0.05, 0) is 56.0 Å². The maximum atomic E-state index is 12.9. The van der Waals surface area contributed by atoms with Crippen molar-refractivity contribution in [2.75, 3.05) is 31.1 Å². The van der Waals surface area contributed by atoms with Crippen molar-refractivity contribution >= 4 is 26.7 Å². The second-order valence-corrected chi connectivity index (χ2v) is 9.33. The molecular formula is C20H27N3O2S. The van der Waals surface area contributed by atoms with E-state index in [0.717, 1.165) is 49.1 Å². The van der Waals surface area contributed by atoms with Gasteiger partial charge in [0.1, 0.15) is 5.82 Å². The van der Waals surface area contributed by atoms with E-state index in [4.69, 9.17) is 4.98 Å². The molecule has 1 aromatic carbocycles. The first-order valence-electron chi connectivity index (χ1n) is 9.80. The van der Waals surface area contributed by atoms with Gasteiger partial charge in [-0.2, -0.15) is 4.31 Å². The fraction of sp³-hybridized carbons (Fsp3) is 0.550. The molecule has 0 aliphatic carbocycles. The number of hydrogen-bond donors (Lipinski definition) is 0. The zero-order chi connectivity index (χ0) is 18.0. The molecule has 0 bridgehead atoms. The predicted octanol–water partition coefficient (Wildman–Crippen LogP) is 3.79. The Bertz CT molecular complexity index is 868. The van der Waals surface area contributed by atoms with Gasteiger partial charge < -0.3 is 4.90 Å². The number of nitrogens with zero attached hydrogens (tertiary/aromatic N) is 3. The van der Waals surface area contributed by atoms with Gasteiger partial charge in [-0.1, -0.05) is 19.3 Å². The van der Waals surface area contributed by atoms with Crippen LogP contribution in [0.5, 0.6) is 0 Å². The van der Waals surface area contributed by atoms with E-state index in [1.807, 2.05) is 18.2 Å². The minimum atomic E-state index is -3.39. The zero-order valence-corrected chi connectivity index (χ0v) is 16.0. The van der Waals surface area contributed by atoms with Crippen molar-refractivity contribution in [2.24, 2.45) is 0 Å². The molecule has 2 aromatic rings. The lowest BCUT2D eigenvalue weighted by Crippen LogP contribution is -2.35. The molecule has 0 atom stereocenters. The normalized spacial score (nSPS) is 20.2. The van der Waals surface area contributed by atoms with E-state index in [1.165, 1.54) is 25.7 Å². The standard InChI is InChI=1S/C20H27N3O2S/c24-26(25,23-14-6-3-7-15-23)18-9-10-19-17(16-18)8-11-20(21-19)22-12-4-1-2-5-13-22/h8-11,16H,1-7,12-15H2. The first-order valence-corrected chi connectivity index (χ1v) is 11.2. The first-order chi connectivity index (χ1) is 12.6. The van der Waals surface area contributed by atoms with Crippen molar-refractivity contribution in [1.82, 2.24) is 9.29 Å². The van der Waals surface area contributed by atoms with Crippen LogP contribution in [-0.4, -0.2) is 43.9 Å². The van der Waals surface area contributed by atoms with Crippen LogP contribution >= 0.6 is 0 Å². The van der Waals surface area contributed by atoms with E-state index in [-0.39, 0.29) is 0 Å². The van der Waals surface area contributed by atoms with Crippen LogP contribution in [0.1, 0.15) is 44.9 Å². The Morgan fingerprint density at radius 3 is 2.15 bits per heavy atom. The third-order valence-electron chi connectivity index (χ3n) is 5.53. The lowest BCUT2D eigenvalue weighted by Gasteiger charge is -2.26. The molecule has 5 nitrogen and oxygen atoms in total. The smallest absolute Gasteiger partial charge is 0.243 e. The second-order valence-electron chi connectivity index (χ2n) is 7.39. The van der Waals surface area contributed by atoms with Gasteiger partial charge in [-0.25, -0.2) is 13.4 Å². The zero-order valence-electron chi connectivity index (χ0n) is 15.2. The van der Waals surface area contributed by atoms with Gasteiger partial charge in [-0.15, -0.1) is 0 Å². The van der Waals surface area contributed by atoms with Gasteiger partial charge >= 0.3 is 0 Å². The van der Waals surface area contributed by atoms with Crippen LogP contribution in [0.2, 0.25) is 0 Å². The van der Waals surface area contributed by atoms with E-state index in [1.54, 1.807) is 16.4 Å². The Kier molecular flexibility index (Phi) is 5.14. The van der Waals surface area contributed by atoms with Gasteiger partial charge in [-0.3, -0.25) is 0 Å². The van der Waals surface area contributed by atoms with Crippen LogP contribution in [0, 0.1) is 0 Å². The highest BCUT2D eigenvalue weighted by molar-refractivity contribution is 7.89. The number of piperidine rings is 1. The van der Waals surface area contributed by atoms with Crippen LogP contribution in [-0.2, 0) is 10.0 Å². The molecule has 140 valence electrons. The Hall–Kier alpha value is -1.66. The van der Waals surface area contributed by atoms with Crippen molar-refractivity contribution in [3.05, 3.63) is 30.3 Å². The summed E-state index contributed by atoms with van der Waals surface area (Å²) in [5.74, 6) is 1.01. The molecule has 0 unspecified atom stereocenters. The number of rotatable bonds is 3. The summed E-state index contributed by atoms with van der Waals surface area (Å²) in [5, 5.41) is 0.890. The van der Waals surface area contributed by atoms with Crippen molar-refractivity contribution in [3.63, 3.8) is 0 Å². The minimum absolute atomic E-state index is 0.385. The molecule has 3 heterocycles. The molecule has 1 aromatic heterocycles. The quantitative estimate of drug-likeness (QED) is 0.821. The van der Waals surface area contributed by atoms with Crippen molar-refractivity contribution < 1.29 is 8.42 Å². The summed E-state index contributed by atoms with van der Waals surface area (Å²) >= 11 is 0. The Balaban J connectivity index is 1.62. The molecule has 2 saturated heterocycles. The molecule has 2 aliphatic rings. The third kappa shape index (κ3) is 3.58. The molecule has 6 heteroatoms. The number of aromatic nitrogens is 1. The summed E-state index contributed by atoms with van der Waals surface area (Å²) < 4.78 is 27.4.